The SMILES string of the molecule is O=CNNC(=O)c1ccc(Cl)nc1. The number of nitrogens with zero attached hydrogens (tertiary/aromatic N) is 1. The van der Waals surface area contributed by atoms with E-state index in [-0.39, 0.29) is 0 Å². The lowest BCUT2D eigenvalue weighted by atomic mass is 10.3. The lowest BCUT2D eigenvalue weighted by molar-refractivity contribution is -0.110. The maximum absolute atomic E-state index is 11.1. The zero-order chi connectivity index (χ0) is 9.68. The number of carbonyl (C=O) groups is 2. The zero-order valence-electron chi connectivity index (χ0n) is 6.45. The summed E-state index contributed by atoms with van der Waals surface area (Å²) >= 11 is 5.51. The number of rotatable bonds is 3. The summed E-state index contributed by atoms with van der Waals surface area (Å²) in [6.07, 6.45) is 1.67. The molecule has 13 heavy (non-hydrogen) atoms. The Morgan fingerprint density at radius 1 is 1.54 bits per heavy atom. The van der Waals surface area contributed by atoms with Crippen molar-refractivity contribution in [3.63, 3.8) is 0 Å². The molecule has 0 unspecified atom stereocenters. The molecule has 0 aliphatic heterocycles. The summed E-state index contributed by atoms with van der Waals surface area (Å²) in [4.78, 5) is 24.6. The van der Waals surface area contributed by atoms with Crippen LogP contribution in [0, 0.1) is 0 Å². The van der Waals surface area contributed by atoms with Crippen molar-refractivity contribution in [3.8, 4) is 0 Å². The Morgan fingerprint density at radius 3 is 2.85 bits per heavy atom. The third-order valence-corrected chi connectivity index (χ3v) is 1.46. The number of amides is 2. The fourth-order valence-electron chi connectivity index (χ4n) is 0.677. The van der Waals surface area contributed by atoms with E-state index in [9.17, 15) is 9.59 Å². The molecule has 0 aliphatic carbocycles. The number of pyridine rings is 1. The average Bonchev–Trinajstić information content (AvgIpc) is 2.15. The van der Waals surface area contributed by atoms with Gasteiger partial charge in [-0.1, -0.05) is 11.6 Å². The molecular formula is C7H6ClN3O2. The summed E-state index contributed by atoms with van der Waals surface area (Å²) in [6, 6.07) is 2.98. The first-order valence-corrected chi connectivity index (χ1v) is 3.73. The number of aromatic nitrogens is 1. The van der Waals surface area contributed by atoms with Crippen molar-refractivity contribution in [2.75, 3.05) is 0 Å². The molecule has 0 saturated carbocycles. The van der Waals surface area contributed by atoms with E-state index in [1.165, 1.54) is 18.3 Å². The molecule has 0 fully saturated rings. The van der Waals surface area contributed by atoms with E-state index in [1.807, 2.05) is 5.43 Å². The summed E-state index contributed by atoms with van der Waals surface area (Å²) in [7, 11) is 0. The van der Waals surface area contributed by atoms with Crippen molar-refractivity contribution in [2.45, 2.75) is 0 Å². The van der Waals surface area contributed by atoms with Crippen LogP contribution >= 0.6 is 11.6 Å². The van der Waals surface area contributed by atoms with Gasteiger partial charge in [0.05, 0.1) is 5.56 Å². The van der Waals surface area contributed by atoms with Gasteiger partial charge < -0.3 is 0 Å². The summed E-state index contributed by atoms with van der Waals surface area (Å²) in [5.41, 5.74) is 4.47. The summed E-state index contributed by atoms with van der Waals surface area (Å²) < 4.78 is 0. The van der Waals surface area contributed by atoms with Crippen LogP contribution in [0.4, 0.5) is 0 Å². The molecule has 0 saturated heterocycles. The number of hydrazine groups is 1. The van der Waals surface area contributed by atoms with Crippen LogP contribution < -0.4 is 10.9 Å². The van der Waals surface area contributed by atoms with E-state index in [2.05, 4.69) is 10.4 Å². The molecule has 68 valence electrons. The lowest BCUT2D eigenvalue weighted by Gasteiger charge is -2.01. The predicted molar refractivity (Wildman–Crippen MR) is 45.9 cm³/mol. The normalized spacial score (nSPS) is 9.00. The van der Waals surface area contributed by atoms with Crippen LogP contribution in [0.2, 0.25) is 5.15 Å². The highest BCUT2D eigenvalue weighted by Crippen LogP contribution is 2.04. The van der Waals surface area contributed by atoms with Crippen LogP contribution in [0.5, 0.6) is 0 Å². The maximum atomic E-state index is 11.1. The largest absolute Gasteiger partial charge is 0.277 e. The van der Waals surface area contributed by atoms with Gasteiger partial charge >= 0.3 is 0 Å². The van der Waals surface area contributed by atoms with E-state index in [0.717, 1.165) is 0 Å². The van der Waals surface area contributed by atoms with Crippen LogP contribution in [-0.2, 0) is 4.79 Å². The fraction of sp³-hybridized carbons (Fsp3) is 0. The van der Waals surface area contributed by atoms with Gasteiger partial charge in [0, 0.05) is 6.20 Å². The van der Waals surface area contributed by atoms with Gasteiger partial charge in [-0.05, 0) is 12.1 Å². The van der Waals surface area contributed by atoms with Gasteiger partial charge in [0.15, 0.2) is 0 Å². The Hall–Kier alpha value is -1.62. The maximum Gasteiger partial charge on any atom is 0.271 e. The van der Waals surface area contributed by atoms with Crippen LogP contribution in [-0.4, -0.2) is 17.3 Å². The second kappa shape index (κ2) is 4.42. The van der Waals surface area contributed by atoms with Crippen LogP contribution in [0.15, 0.2) is 18.3 Å². The highest BCUT2D eigenvalue weighted by atomic mass is 35.5. The van der Waals surface area contributed by atoms with Gasteiger partial charge in [-0.2, -0.15) is 0 Å². The molecule has 6 heteroatoms. The molecule has 1 aromatic rings. The lowest BCUT2D eigenvalue weighted by Crippen LogP contribution is -2.36. The molecule has 1 aromatic heterocycles. The van der Waals surface area contributed by atoms with Gasteiger partial charge in [-0.15, -0.1) is 0 Å². The number of halogens is 1. The van der Waals surface area contributed by atoms with E-state index in [0.29, 0.717) is 17.1 Å². The van der Waals surface area contributed by atoms with Gasteiger partial charge in [0.25, 0.3) is 5.91 Å². The van der Waals surface area contributed by atoms with Crippen LogP contribution in [0.3, 0.4) is 0 Å². The Kier molecular flexibility index (Phi) is 3.22. The number of nitrogens with one attached hydrogen (secondary N) is 2. The van der Waals surface area contributed by atoms with E-state index in [1.54, 1.807) is 0 Å². The molecule has 2 amide bonds. The first-order valence-electron chi connectivity index (χ1n) is 3.35. The summed E-state index contributed by atoms with van der Waals surface area (Å²) in [5, 5.41) is 0.305. The quantitative estimate of drug-likeness (QED) is 0.413. The first kappa shape index (κ1) is 9.47. The summed E-state index contributed by atoms with van der Waals surface area (Å²) in [6.45, 7) is 0. The second-order valence-electron chi connectivity index (χ2n) is 2.09. The molecule has 0 spiro atoms. The Labute approximate surface area is 79.1 Å². The predicted octanol–water partition coefficient (Wildman–Crippen LogP) is 0.126. The Balaban J connectivity index is 2.66. The molecule has 5 nitrogen and oxygen atoms in total. The summed E-state index contributed by atoms with van der Waals surface area (Å²) in [5.74, 6) is -0.448. The van der Waals surface area contributed by atoms with Crippen molar-refractivity contribution in [1.29, 1.82) is 0 Å². The minimum Gasteiger partial charge on any atom is -0.277 e. The average molecular weight is 200 g/mol. The highest BCUT2D eigenvalue weighted by molar-refractivity contribution is 6.29. The van der Waals surface area contributed by atoms with E-state index >= 15 is 0 Å². The standard InChI is InChI=1S/C7H6ClN3O2/c8-6-2-1-5(3-9-6)7(13)11-10-4-12/h1-4H,(H,10,12)(H,11,13). The molecule has 0 aliphatic rings. The number of carbonyl (C=O) groups excluding carboxylic acids is 2. The molecule has 0 radical (unpaired) electrons. The molecule has 0 aromatic carbocycles. The molecule has 1 rings (SSSR count). The van der Waals surface area contributed by atoms with Crippen LogP contribution in [0.25, 0.3) is 0 Å². The molecule has 2 N–H and O–H groups in total. The molecule has 0 bridgehead atoms. The van der Waals surface area contributed by atoms with Gasteiger partial charge in [0.1, 0.15) is 5.15 Å². The topological polar surface area (TPSA) is 71.1 Å². The smallest absolute Gasteiger partial charge is 0.271 e. The Bertz CT molecular complexity index is 312. The van der Waals surface area contributed by atoms with E-state index < -0.39 is 5.91 Å². The Morgan fingerprint density at radius 2 is 2.31 bits per heavy atom. The fourth-order valence-corrected chi connectivity index (χ4v) is 0.789. The van der Waals surface area contributed by atoms with Gasteiger partial charge in [-0.3, -0.25) is 20.4 Å². The van der Waals surface area contributed by atoms with Crippen molar-refractivity contribution in [1.82, 2.24) is 15.8 Å². The monoisotopic (exact) mass is 199 g/mol. The van der Waals surface area contributed by atoms with Crippen molar-refractivity contribution >= 4 is 23.9 Å². The third kappa shape index (κ3) is 2.72. The first-order chi connectivity index (χ1) is 6.24. The molecular weight excluding hydrogens is 194 g/mol. The van der Waals surface area contributed by atoms with Crippen molar-refractivity contribution in [2.24, 2.45) is 0 Å². The van der Waals surface area contributed by atoms with Crippen LogP contribution in [0.1, 0.15) is 10.4 Å². The minimum absolute atomic E-state index is 0.305. The molecule has 1 heterocycles. The zero-order valence-corrected chi connectivity index (χ0v) is 7.21. The van der Waals surface area contributed by atoms with E-state index in [4.69, 9.17) is 11.6 Å². The van der Waals surface area contributed by atoms with Crippen molar-refractivity contribution < 1.29 is 9.59 Å². The highest BCUT2D eigenvalue weighted by Gasteiger charge is 2.03. The van der Waals surface area contributed by atoms with Gasteiger partial charge in [-0.25, -0.2) is 4.98 Å². The van der Waals surface area contributed by atoms with Gasteiger partial charge in [0.2, 0.25) is 6.41 Å². The number of hydrogen-bond donors (Lipinski definition) is 2. The third-order valence-electron chi connectivity index (χ3n) is 1.23. The van der Waals surface area contributed by atoms with Crippen molar-refractivity contribution in [3.05, 3.63) is 29.0 Å². The second-order valence-corrected chi connectivity index (χ2v) is 2.47. The minimum atomic E-state index is -0.448. The molecule has 0 atom stereocenters. The number of hydrogen-bond acceptors (Lipinski definition) is 3.